The summed E-state index contributed by atoms with van der Waals surface area (Å²) in [6, 6.07) is 0.108. The number of hydrogen-bond donors (Lipinski definition) is 2. The van der Waals surface area contributed by atoms with Crippen LogP contribution >= 0.6 is 18.8 Å². The molecule has 11 heteroatoms. The smallest absolute Gasteiger partial charge is 0.323 e. The highest BCUT2D eigenvalue weighted by Gasteiger charge is 2.34. The second-order valence-corrected chi connectivity index (χ2v) is 12.9. The molecule has 1 aromatic heterocycles. The molecule has 2 N–H and O–H groups in total. The van der Waals surface area contributed by atoms with Crippen LogP contribution in [-0.4, -0.2) is 47.6 Å². The Morgan fingerprint density at radius 3 is 2.11 bits per heavy atom. The van der Waals surface area contributed by atoms with Gasteiger partial charge in [-0.2, -0.15) is 0 Å². The molecule has 0 bridgehead atoms. The van der Waals surface area contributed by atoms with E-state index in [1.165, 1.54) is 5.56 Å². The summed E-state index contributed by atoms with van der Waals surface area (Å²) in [6.45, 7) is 14.2. The van der Waals surface area contributed by atoms with Crippen LogP contribution in [0.25, 0.3) is 11.3 Å². The molecule has 0 radical (unpaired) electrons. The van der Waals surface area contributed by atoms with Gasteiger partial charge in [0.2, 0.25) is 7.44 Å². The average Bonchev–Trinajstić information content (AvgIpc) is 3.36. The van der Waals surface area contributed by atoms with Crippen LogP contribution in [0.4, 0.5) is 0 Å². The monoisotopic (exact) mass is 537 g/mol. The van der Waals surface area contributed by atoms with Gasteiger partial charge in [-0.3, -0.25) is 14.2 Å². The van der Waals surface area contributed by atoms with E-state index in [0.717, 1.165) is 33.7 Å². The molecule has 1 aromatic carbocycles. The lowest BCUT2D eigenvalue weighted by Gasteiger charge is -2.27. The van der Waals surface area contributed by atoms with Gasteiger partial charge in [-0.05, 0) is 78.1 Å². The third kappa shape index (κ3) is 6.54. The standard InChI is InChI=1S/C25H36N3O6PS/c1-13(2)33-24(29)17(7)27-35(31,28-18(8)25(30)34-14(3)4)12-32-20-9-15(5)16(6)19-10-21-23(22(19)20)26-11-36-21/h9,11,13-14,17-18H,10,12H2,1-8H3,(H2,27,28,31)/t17-,18-/m0/s1. The molecular weight excluding hydrogens is 501 g/mol. The number of hydrogen-bond acceptors (Lipinski definition) is 8. The Balaban J connectivity index is 1.88. The van der Waals surface area contributed by atoms with Crippen molar-refractivity contribution in [1.29, 1.82) is 0 Å². The Hall–Kier alpha value is -2.26. The minimum absolute atomic E-state index is 0.306. The van der Waals surface area contributed by atoms with Crippen molar-refractivity contribution < 1.29 is 28.4 Å². The quantitative estimate of drug-likeness (QED) is 0.265. The van der Waals surface area contributed by atoms with Gasteiger partial charge in [0.1, 0.15) is 17.8 Å². The fourth-order valence-corrected chi connectivity index (χ4v) is 6.76. The zero-order valence-corrected chi connectivity index (χ0v) is 23.8. The van der Waals surface area contributed by atoms with Crippen LogP contribution in [0.3, 0.4) is 0 Å². The third-order valence-electron chi connectivity index (χ3n) is 5.77. The van der Waals surface area contributed by atoms with E-state index in [1.807, 2.05) is 18.5 Å². The number of fused-ring (bicyclic) bond motifs is 3. The highest BCUT2D eigenvalue weighted by molar-refractivity contribution is 7.59. The van der Waals surface area contributed by atoms with Gasteiger partial charge in [-0.1, -0.05) is 0 Å². The number of carbonyl (C=O) groups is 2. The van der Waals surface area contributed by atoms with Gasteiger partial charge >= 0.3 is 11.9 Å². The number of carbonyl (C=O) groups excluding carboxylic acids is 2. The molecule has 1 aliphatic rings. The van der Waals surface area contributed by atoms with Crippen molar-refractivity contribution in [1.82, 2.24) is 15.2 Å². The Morgan fingerprint density at radius 2 is 1.58 bits per heavy atom. The normalized spacial score (nSPS) is 14.4. The van der Waals surface area contributed by atoms with Gasteiger partial charge < -0.3 is 14.2 Å². The summed E-state index contributed by atoms with van der Waals surface area (Å²) < 4.78 is 30.7. The summed E-state index contributed by atoms with van der Waals surface area (Å²) in [5, 5.41) is 5.68. The maximum atomic E-state index is 14.1. The number of benzene rings is 1. The van der Waals surface area contributed by atoms with Crippen LogP contribution in [0.5, 0.6) is 5.75 Å². The maximum Gasteiger partial charge on any atom is 0.323 e. The predicted octanol–water partition coefficient (Wildman–Crippen LogP) is 4.72. The molecule has 2 atom stereocenters. The van der Waals surface area contributed by atoms with Gasteiger partial charge in [-0.15, -0.1) is 11.3 Å². The maximum absolute atomic E-state index is 14.1. The van der Waals surface area contributed by atoms with Crippen molar-refractivity contribution in [3.63, 3.8) is 0 Å². The summed E-state index contributed by atoms with van der Waals surface area (Å²) in [5.41, 5.74) is 6.98. The van der Waals surface area contributed by atoms with E-state index in [1.54, 1.807) is 52.9 Å². The molecule has 0 fully saturated rings. The SMILES string of the molecule is Cc1cc(OCP(=O)(N[C@@H](C)C(=O)OC(C)C)N[C@@H](C)C(=O)OC(C)C)c2c(c1C)Cc1scnc1-2. The molecule has 36 heavy (non-hydrogen) atoms. The number of nitrogens with one attached hydrogen (secondary N) is 2. The first kappa shape index (κ1) is 28.3. The predicted molar refractivity (Wildman–Crippen MR) is 141 cm³/mol. The molecule has 0 saturated carbocycles. The molecule has 0 saturated heterocycles. The molecule has 0 unspecified atom stereocenters. The Bertz CT molecular complexity index is 1140. The first-order valence-corrected chi connectivity index (χ1v) is 14.8. The molecule has 1 heterocycles. The van der Waals surface area contributed by atoms with Gasteiger partial charge in [0, 0.05) is 16.9 Å². The second-order valence-electron chi connectivity index (χ2n) is 9.66. The van der Waals surface area contributed by atoms with E-state index in [-0.39, 0.29) is 18.6 Å². The molecule has 198 valence electrons. The average molecular weight is 538 g/mol. The van der Waals surface area contributed by atoms with Crippen LogP contribution < -0.4 is 14.9 Å². The second kappa shape index (κ2) is 11.4. The fourth-order valence-electron chi connectivity index (χ4n) is 3.98. The topological polar surface area (TPSA) is 116 Å². The zero-order chi connectivity index (χ0) is 26.8. The zero-order valence-electron chi connectivity index (χ0n) is 22.1. The lowest BCUT2D eigenvalue weighted by Crippen LogP contribution is -2.43. The number of esters is 2. The summed E-state index contributed by atoms with van der Waals surface area (Å²) in [4.78, 5) is 30.6. The van der Waals surface area contributed by atoms with Crippen LogP contribution in [0, 0.1) is 13.8 Å². The minimum atomic E-state index is -3.66. The summed E-state index contributed by atoms with van der Waals surface area (Å²) >= 11 is 1.60. The highest BCUT2D eigenvalue weighted by Crippen LogP contribution is 2.47. The highest BCUT2D eigenvalue weighted by atomic mass is 32.1. The lowest BCUT2D eigenvalue weighted by molar-refractivity contribution is -0.149. The number of rotatable bonds is 11. The van der Waals surface area contributed by atoms with Crippen LogP contribution in [0.2, 0.25) is 0 Å². The van der Waals surface area contributed by atoms with Crippen molar-refractivity contribution in [3.05, 3.63) is 33.1 Å². The largest absolute Gasteiger partial charge is 0.482 e. The minimum Gasteiger partial charge on any atom is -0.482 e. The fraction of sp³-hybridized carbons (Fsp3) is 0.560. The van der Waals surface area contributed by atoms with E-state index in [2.05, 4.69) is 22.1 Å². The molecule has 0 amide bonds. The Kier molecular flexibility index (Phi) is 8.98. The molecule has 1 aliphatic carbocycles. The number of aromatic nitrogens is 1. The van der Waals surface area contributed by atoms with Gasteiger partial charge in [-0.25, -0.2) is 15.2 Å². The van der Waals surface area contributed by atoms with E-state index in [4.69, 9.17) is 14.2 Å². The molecule has 0 spiro atoms. The summed E-state index contributed by atoms with van der Waals surface area (Å²) in [6.07, 6.45) is -0.171. The number of ether oxygens (including phenoxy) is 3. The Morgan fingerprint density at radius 1 is 1.03 bits per heavy atom. The van der Waals surface area contributed by atoms with Crippen LogP contribution in [-0.2, 0) is 30.0 Å². The molecule has 9 nitrogen and oxygen atoms in total. The molecule has 2 aromatic rings. The first-order valence-electron chi connectivity index (χ1n) is 12.1. The number of thiazole rings is 1. The van der Waals surface area contributed by atoms with Crippen molar-refractivity contribution in [3.8, 4) is 17.0 Å². The van der Waals surface area contributed by atoms with Crippen molar-refractivity contribution in [2.24, 2.45) is 0 Å². The van der Waals surface area contributed by atoms with Crippen molar-refractivity contribution in [2.45, 2.75) is 86.1 Å². The van der Waals surface area contributed by atoms with E-state index < -0.39 is 31.5 Å². The van der Waals surface area contributed by atoms with Crippen LogP contribution in [0.15, 0.2) is 11.6 Å². The first-order chi connectivity index (χ1) is 16.8. The van der Waals surface area contributed by atoms with Gasteiger partial charge in [0.05, 0.1) is 23.4 Å². The molecule has 0 aliphatic heterocycles. The van der Waals surface area contributed by atoms with E-state index in [0.29, 0.717) is 5.75 Å². The molecular formula is C25H36N3O6PS. The van der Waals surface area contributed by atoms with Gasteiger partial charge in [0.15, 0.2) is 6.35 Å². The summed E-state index contributed by atoms with van der Waals surface area (Å²) in [7, 11) is -3.66. The Labute approximate surface area is 216 Å². The lowest BCUT2D eigenvalue weighted by atomic mass is 9.98. The number of nitrogens with zero attached hydrogens (tertiary/aromatic N) is 1. The van der Waals surface area contributed by atoms with Crippen molar-refractivity contribution >= 4 is 30.7 Å². The van der Waals surface area contributed by atoms with E-state index in [9.17, 15) is 14.2 Å². The number of aryl methyl sites for hydroxylation is 1. The van der Waals surface area contributed by atoms with Crippen molar-refractivity contribution in [2.75, 3.05) is 6.35 Å². The molecule has 3 rings (SSSR count). The third-order valence-corrected chi connectivity index (χ3v) is 8.71. The summed E-state index contributed by atoms with van der Waals surface area (Å²) in [5.74, 6) is -0.538. The van der Waals surface area contributed by atoms with Gasteiger partial charge in [0.25, 0.3) is 0 Å². The van der Waals surface area contributed by atoms with Crippen LogP contribution in [0.1, 0.15) is 63.1 Å². The van der Waals surface area contributed by atoms with E-state index >= 15 is 0 Å².